The summed E-state index contributed by atoms with van der Waals surface area (Å²) in [5, 5.41) is 11.1. The van der Waals surface area contributed by atoms with E-state index in [0.717, 1.165) is 27.7 Å². The van der Waals surface area contributed by atoms with E-state index in [0.29, 0.717) is 43.8 Å². The van der Waals surface area contributed by atoms with Crippen LogP contribution >= 0.6 is 0 Å². The zero-order chi connectivity index (χ0) is 76.5. The number of amides is 1. The van der Waals surface area contributed by atoms with Gasteiger partial charge in [0.05, 0.1) is 30.5 Å². The van der Waals surface area contributed by atoms with Gasteiger partial charge in [-0.15, -0.1) is 0 Å². The van der Waals surface area contributed by atoms with Crippen LogP contribution in [-0.2, 0) is 73.2 Å². The van der Waals surface area contributed by atoms with E-state index in [1.807, 2.05) is 81.5 Å². The van der Waals surface area contributed by atoms with Crippen molar-refractivity contribution in [3.8, 4) is 11.1 Å². The van der Waals surface area contributed by atoms with Crippen LogP contribution in [0.3, 0.4) is 0 Å². The van der Waals surface area contributed by atoms with Crippen LogP contribution in [0.1, 0.15) is 176 Å². The minimum atomic E-state index is -1.70. The Kier molecular flexibility index (Phi) is 28.1. The fourth-order valence-electron chi connectivity index (χ4n) is 16.4. The maximum Gasteiger partial charge on any atom is 0.420 e. The van der Waals surface area contributed by atoms with Crippen LogP contribution in [0, 0.1) is 70.0 Å². The molecule has 0 spiro atoms. The first-order valence-electron chi connectivity index (χ1n) is 36.9. The largest absolute Gasteiger partial charge is 0.457 e. The normalized spacial score (nSPS) is 36.2. The lowest BCUT2D eigenvalue weighted by molar-refractivity contribution is -0.284. The summed E-state index contributed by atoms with van der Waals surface area (Å²) in [6, 6.07) is 5.03. The van der Waals surface area contributed by atoms with Crippen LogP contribution in [0.15, 0.2) is 98.7 Å². The minimum Gasteiger partial charge on any atom is -0.457 e. The minimum absolute atomic E-state index is 0.00463. The molecule has 23 nitrogen and oxygen atoms in total. The summed E-state index contributed by atoms with van der Waals surface area (Å²) in [6.07, 6.45) is 10.5. The fraction of sp³-hybridized carbons (Fsp3) is 0.662. The molecule has 0 bridgehead atoms. The third-order valence-corrected chi connectivity index (χ3v) is 22.3. The maximum atomic E-state index is 14.7. The van der Waals surface area contributed by atoms with Gasteiger partial charge in [0.2, 0.25) is 0 Å². The molecule has 8 heterocycles. The van der Waals surface area contributed by atoms with Crippen molar-refractivity contribution in [2.45, 2.75) is 249 Å². The zero-order valence-corrected chi connectivity index (χ0v) is 64.5. The highest BCUT2D eigenvalue weighted by Gasteiger charge is 2.62. The summed E-state index contributed by atoms with van der Waals surface area (Å²) in [4.78, 5) is 128. The van der Waals surface area contributed by atoms with Crippen molar-refractivity contribution in [3.05, 3.63) is 104 Å². The molecule has 3 aromatic heterocycles. The number of aromatic nitrogens is 4. The van der Waals surface area contributed by atoms with Crippen LogP contribution in [0.25, 0.3) is 11.1 Å². The van der Waals surface area contributed by atoms with Gasteiger partial charge in [0.1, 0.15) is 42.3 Å². The molecule has 0 unspecified atom stereocenters. The number of cyclic esters (lactones) is 2. The highest BCUT2D eigenvalue weighted by atomic mass is 16.7. The number of hydrogen-bond acceptors (Lipinski definition) is 21. The maximum absolute atomic E-state index is 14.7. The van der Waals surface area contributed by atoms with Crippen molar-refractivity contribution in [2.75, 3.05) is 20.1 Å². The Labute approximate surface area is 609 Å². The van der Waals surface area contributed by atoms with Crippen molar-refractivity contribution >= 4 is 47.3 Å². The number of pyridine rings is 2. The van der Waals surface area contributed by atoms with E-state index in [1.54, 1.807) is 71.2 Å². The molecule has 0 radical (unpaired) electrons. The molecule has 8 rings (SSSR count). The van der Waals surface area contributed by atoms with Crippen LogP contribution < -0.4 is 0 Å². The topological polar surface area (TPSA) is 281 Å². The van der Waals surface area contributed by atoms with E-state index >= 15 is 0 Å². The molecule has 23 heteroatoms. The molecular formula is C80H116N6O17. The monoisotopic (exact) mass is 1430 g/mol. The molecule has 0 aromatic carbocycles. The number of ketones is 4. The molecule has 5 aliphatic rings. The predicted molar refractivity (Wildman–Crippen MR) is 387 cm³/mol. The van der Waals surface area contributed by atoms with Crippen molar-refractivity contribution < 1.29 is 81.4 Å². The highest BCUT2D eigenvalue weighted by molar-refractivity contribution is 6.01. The Morgan fingerprint density at radius 2 is 1.26 bits per heavy atom. The third-order valence-electron chi connectivity index (χ3n) is 22.3. The van der Waals surface area contributed by atoms with Crippen LogP contribution in [-0.4, -0.2) is 174 Å². The van der Waals surface area contributed by atoms with Crippen molar-refractivity contribution in [3.63, 3.8) is 0 Å². The number of fused-ring (bicyclic) bond motifs is 1. The zero-order valence-electron chi connectivity index (χ0n) is 64.5. The van der Waals surface area contributed by atoms with Crippen LogP contribution in [0.4, 0.5) is 9.59 Å². The van der Waals surface area contributed by atoms with Gasteiger partial charge in [-0.25, -0.2) is 19.1 Å². The second-order valence-corrected chi connectivity index (χ2v) is 31.6. The second-order valence-electron chi connectivity index (χ2n) is 31.6. The Bertz CT molecular complexity index is 3510. The number of Topliss-reactive ketones (excluding diaryl/α,β-unsaturated/α-hetero) is 4. The first kappa shape index (κ1) is 83.1. The van der Waals surface area contributed by atoms with E-state index in [2.05, 4.69) is 52.9 Å². The predicted octanol–water partition coefficient (Wildman–Crippen LogP) is 12.6. The number of hydrogen-bond donors (Lipinski definition) is 1. The van der Waals surface area contributed by atoms with Crippen molar-refractivity contribution in [1.82, 2.24) is 29.3 Å². The SMILES string of the molecule is C=C[C@]1(OC(=O)n2ccnc2)/C=C(\C)C(=O)[C@H](C)CC(C)(C)[C@H](O[C@@H]2O[C@H](C)C[C@H](C)[C@H]2C)[C@@H](C)C(=O)[C@@H](C)C(=O)O[C@@H]1CC.C=C[C@]12OC(=O)N(CCN(C)Cc3cncc(-c4cccnc4)c3)[C@@H]1[C@@H](C)C(=O)[C@H](C)CC(C)(C)[C@H](O[C@@H]1O[C@H](C)C[C@H](C)[C@H]1O)[C@@H](C)C(=O)[C@@H](C)C(=O)O[C@@H]2CC. The average Bonchev–Trinajstić information content (AvgIpc) is 1.60. The molecule has 0 saturated carbocycles. The lowest BCUT2D eigenvalue weighted by Crippen LogP contribution is -2.59. The van der Waals surface area contributed by atoms with Gasteiger partial charge in [-0.05, 0) is 144 Å². The summed E-state index contributed by atoms with van der Waals surface area (Å²) in [7, 11) is 1.94. The van der Waals surface area contributed by atoms with E-state index in [-0.39, 0.29) is 60.8 Å². The molecule has 1 amide bonds. The molecule has 1 N–H and O–H groups in total. The number of carbonyl (C=O) groups excluding carboxylic acids is 8. The van der Waals surface area contributed by atoms with Gasteiger partial charge in [-0.3, -0.25) is 43.6 Å². The molecule has 3 aromatic rings. The summed E-state index contributed by atoms with van der Waals surface area (Å²) >= 11 is 0. The number of carbonyl (C=O) groups is 8. The highest BCUT2D eigenvalue weighted by Crippen LogP contribution is 2.47. The number of aliphatic hydroxyl groups is 1. The number of imidazole rings is 1. The average molecular weight is 1430 g/mol. The Hall–Kier alpha value is -7.15. The van der Waals surface area contributed by atoms with Gasteiger partial charge in [0, 0.05) is 103 Å². The Balaban J connectivity index is 0.000000298. The van der Waals surface area contributed by atoms with Crippen molar-refractivity contribution in [2.24, 2.45) is 70.0 Å². The first-order chi connectivity index (χ1) is 48.3. The quantitative estimate of drug-likeness (QED) is 0.0640. The lowest BCUT2D eigenvalue weighted by atomic mass is 9.69. The summed E-state index contributed by atoms with van der Waals surface area (Å²) < 4.78 is 51.0. The van der Waals surface area contributed by atoms with Gasteiger partial charge < -0.3 is 47.9 Å². The standard InChI is InChI=1S/C45H64N4O9.C35H52N2O8/c1-12-35-45(13-2)39(49(43(54)58-45)18-17-48(11)25-32-20-34(24-47-22-32)33-15-14-16-46-23-33)29(6)36(50)27(4)21-44(9,10)40(30(7)38(52)31(8)41(53)56-35)57-42-37(51)26(3)19-28(5)55-42;1-12-27-35(13-2,45-33(41)37-15-14-36-19-37)18-22(5)28(38)21(4)17-34(10,11)30(25(8)29(39)26(9)31(40)43-27)44-32-24(7)20(3)16-23(6)42-32/h13-16,20,22-24,26-31,35,37,39-40,42,51H,2,12,17-19,21,25H2,1,3-11H3;13-15,18-21,23-27,30,32H,2,12,16-17H2,1,3-11H3/b;22-18+/t26-,27+,28+,29-,30-,31+,35+,37+,39+,40+,42-,45+;20-,21+,23+,24+,25-,26+,27+,30+,32-,35-/m00/s1. The number of rotatable bonds is 15. The van der Waals surface area contributed by atoms with Gasteiger partial charge in [-0.1, -0.05) is 116 Å². The molecule has 0 aliphatic carbocycles. The van der Waals surface area contributed by atoms with Crippen molar-refractivity contribution in [1.29, 1.82) is 0 Å². The molecule has 4 fully saturated rings. The van der Waals surface area contributed by atoms with Gasteiger partial charge in [-0.2, -0.15) is 0 Å². The number of likely N-dealkylation sites (N-methyl/N-ethyl adjacent to an activating group) is 1. The third kappa shape index (κ3) is 18.9. The van der Waals surface area contributed by atoms with E-state index in [9.17, 15) is 43.5 Å². The van der Waals surface area contributed by atoms with E-state index < -0.39 is 143 Å². The Morgan fingerprint density at radius 1 is 0.699 bits per heavy atom. The first-order valence-corrected chi connectivity index (χ1v) is 36.9. The van der Waals surface area contributed by atoms with Gasteiger partial charge >= 0.3 is 24.1 Å². The van der Waals surface area contributed by atoms with E-state index in [4.69, 9.17) is 37.9 Å². The molecule has 5 aliphatic heterocycles. The lowest BCUT2D eigenvalue weighted by Gasteiger charge is -2.45. The second kappa shape index (κ2) is 34.8. The number of esters is 2. The molecule has 568 valence electrons. The molecular weight excluding hydrogens is 1320 g/mol. The van der Waals surface area contributed by atoms with Crippen LogP contribution in [0.5, 0.6) is 0 Å². The smallest absolute Gasteiger partial charge is 0.420 e. The Morgan fingerprint density at radius 3 is 1.82 bits per heavy atom. The van der Waals surface area contributed by atoms with Gasteiger partial charge in [0.25, 0.3) is 0 Å². The fourth-order valence-corrected chi connectivity index (χ4v) is 16.4. The summed E-state index contributed by atoms with van der Waals surface area (Å²) in [5.74, 6) is -8.00. The number of allylic oxidation sites excluding steroid dienone is 1. The number of nitrogens with zero attached hydrogens (tertiary/aromatic N) is 6. The molecule has 4 saturated heterocycles. The molecule has 22 atom stereocenters. The number of ether oxygens (including phenoxy) is 8. The molecule has 103 heavy (non-hydrogen) atoms. The summed E-state index contributed by atoms with van der Waals surface area (Å²) in [6.45, 7) is 44.3. The van der Waals surface area contributed by atoms with Gasteiger partial charge in [0.15, 0.2) is 41.1 Å². The van der Waals surface area contributed by atoms with Crippen LogP contribution in [0.2, 0.25) is 0 Å². The number of aliphatic hydroxyl groups excluding tert-OH is 1. The van der Waals surface area contributed by atoms with E-state index in [1.165, 1.54) is 50.8 Å². The summed E-state index contributed by atoms with van der Waals surface area (Å²) in [5.41, 5.74) is -1.60.